The first-order chi connectivity index (χ1) is 8.88. The van der Waals surface area contributed by atoms with Gasteiger partial charge in [-0.3, -0.25) is 0 Å². The van der Waals surface area contributed by atoms with Crippen molar-refractivity contribution >= 4 is 28.8 Å². The number of thiazole rings is 1. The minimum atomic E-state index is 0.140. The van der Waals surface area contributed by atoms with Gasteiger partial charge in [0.2, 0.25) is 0 Å². The molecule has 2 rings (SSSR count). The number of hydrogen-bond donors (Lipinski definition) is 1. The van der Waals surface area contributed by atoms with E-state index in [1.807, 2.05) is 12.1 Å². The summed E-state index contributed by atoms with van der Waals surface area (Å²) in [4.78, 5) is 5.96. The first-order valence-corrected chi connectivity index (χ1v) is 8.17. The molecule has 0 aliphatic carbocycles. The number of anilines is 1. The van der Waals surface area contributed by atoms with Crippen molar-refractivity contribution in [2.24, 2.45) is 0 Å². The van der Waals surface area contributed by atoms with Gasteiger partial charge in [0, 0.05) is 27.1 Å². The van der Waals surface area contributed by atoms with Crippen LogP contribution in [0, 0.1) is 6.92 Å². The van der Waals surface area contributed by atoms with Crippen LogP contribution >= 0.6 is 23.1 Å². The number of rotatable bonds is 3. The maximum atomic E-state index is 5.92. The van der Waals surface area contributed by atoms with Gasteiger partial charge >= 0.3 is 0 Å². The third-order valence-electron chi connectivity index (χ3n) is 2.89. The molecule has 0 fully saturated rings. The van der Waals surface area contributed by atoms with Crippen molar-refractivity contribution in [3.63, 3.8) is 0 Å². The van der Waals surface area contributed by atoms with Gasteiger partial charge < -0.3 is 5.73 Å². The molecule has 0 saturated heterocycles. The largest absolute Gasteiger partial charge is 0.398 e. The van der Waals surface area contributed by atoms with Crippen LogP contribution < -0.4 is 5.73 Å². The first-order valence-electron chi connectivity index (χ1n) is 6.30. The minimum Gasteiger partial charge on any atom is -0.398 e. The van der Waals surface area contributed by atoms with E-state index in [4.69, 9.17) is 10.7 Å². The van der Waals surface area contributed by atoms with Gasteiger partial charge in [0.1, 0.15) is 0 Å². The van der Waals surface area contributed by atoms with Crippen LogP contribution in [-0.2, 0) is 11.2 Å². The molecule has 0 radical (unpaired) electrons. The van der Waals surface area contributed by atoms with Crippen molar-refractivity contribution in [2.75, 3.05) is 5.73 Å². The van der Waals surface area contributed by atoms with Crippen molar-refractivity contribution in [3.05, 3.63) is 39.8 Å². The third kappa shape index (κ3) is 3.51. The zero-order chi connectivity index (χ0) is 14.0. The summed E-state index contributed by atoms with van der Waals surface area (Å²) in [7, 11) is 0. The van der Waals surface area contributed by atoms with Gasteiger partial charge in [0.05, 0.1) is 10.7 Å². The number of nitrogen functional groups attached to an aromatic ring is 1. The van der Waals surface area contributed by atoms with E-state index in [9.17, 15) is 0 Å². The number of thioether (sulfide) groups is 1. The van der Waals surface area contributed by atoms with E-state index in [0.717, 1.165) is 17.1 Å². The predicted molar refractivity (Wildman–Crippen MR) is 86.0 cm³/mol. The minimum absolute atomic E-state index is 0.140. The van der Waals surface area contributed by atoms with Gasteiger partial charge in [-0.25, -0.2) is 4.98 Å². The van der Waals surface area contributed by atoms with Crippen LogP contribution in [0.5, 0.6) is 0 Å². The second-order valence-corrected chi connectivity index (χ2v) is 7.53. The maximum Gasteiger partial charge on any atom is 0.0982 e. The summed E-state index contributed by atoms with van der Waals surface area (Å²) in [5, 5.41) is 3.36. The molecule has 0 atom stereocenters. The predicted octanol–water partition coefficient (Wildman–Crippen LogP) is 4.62. The van der Waals surface area contributed by atoms with Crippen molar-refractivity contribution in [2.45, 2.75) is 43.8 Å². The molecule has 102 valence electrons. The highest BCUT2D eigenvalue weighted by atomic mass is 32.2. The van der Waals surface area contributed by atoms with Crippen LogP contribution in [0.25, 0.3) is 0 Å². The van der Waals surface area contributed by atoms with E-state index >= 15 is 0 Å². The van der Waals surface area contributed by atoms with E-state index in [1.54, 1.807) is 23.1 Å². The summed E-state index contributed by atoms with van der Waals surface area (Å²) >= 11 is 3.55. The molecule has 0 amide bonds. The summed E-state index contributed by atoms with van der Waals surface area (Å²) in [6, 6.07) is 6.07. The molecule has 1 heterocycles. The Morgan fingerprint density at radius 1 is 1.32 bits per heavy atom. The zero-order valence-electron chi connectivity index (χ0n) is 11.9. The molecule has 2 aromatic rings. The normalized spacial score (nSPS) is 11.8. The molecule has 2 nitrogen and oxygen atoms in total. The van der Waals surface area contributed by atoms with Gasteiger partial charge in [-0.05, 0) is 24.6 Å². The molecule has 0 aliphatic heterocycles. The fraction of sp³-hybridized carbons (Fsp3) is 0.400. The van der Waals surface area contributed by atoms with Crippen LogP contribution in [0.2, 0.25) is 0 Å². The summed E-state index contributed by atoms with van der Waals surface area (Å²) in [6.07, 6.45) is 0. The number of hydrogen-bond acceptors (Lipinski definition) is 4. The van der Waals surface area contributed by atoms with E-state index in [0.29, 0.717) is 0 Å². The van der Waals surface area contributed by atoms with Crippen LogP contribution in [0.3, 0.4) is 0 Å². The Balaban J connectivity index is 2.07. The summed E-state index contributed by atoms with van der Waals surface area (Å²) in [6.45, 7) is 8.67. The van der Waals surface area contributed by atoms with Crippen molar-refractivity contribution in [3.8, 4) is 0 Å². The second kappa shape index (κ2) is 5.55. The highest BCUT2D eigenvalue weighted by Gasteiger charge is 2.18. The molecular weight excluding hydrogens is 272 g/mol. The lowest BCUT2D eigenvalue weighted by Crippen LogP contribution is -2.10. The van der Waals surface area contributed by atoms with Gasteiger partial charge in [0.25, 0.3) is 0 Å². The fourth-order valence-electron chi connectivity index (χ4n) is 1.66. The highest BCUT2D eigenvalue weighted by Crippen LogP contribution is 2.31. The Hall–Kier alpha value is -1.00. The van der Waals surface area contributed by atoms with Gasteiger partial charge in [-0.15, -0.1) is 23.1 Å². The molecule has 19 heavy (non-hydrogen) atoms. The zero-order valence-corrected chi connectivity index (χ0v) is 13.5. The number of nitrogens with zero attached hydrogens (tertiary/aromatic N) is 1. The molecule has 1 aromatic heterocycles. The second-order valence-electron chi connectivity index (χ2n) is 5.65. The quantitative estimate of drug-likeness (QED) is 0.662. The lowest BCUT2D eigenvalue weighted by Gasteiger charge is -2.13. The van der Waals surface area contributed by atoms with E-state index < -0.39 is 0 Å². The first kappa shape index (κ1) is 14.4. The maximum absolute atomic E-state index is 5.92. The standard InChI is InChI=1S/C15H20N2S2/c1-10-12(16)6-5-7-13(10)18-8-11-9-19-14(17-11)15(2,3)4/h5-7,9H,8,16H2,1-4H3. The van der Waals surface area contributed by atoms with Crippen LogP contribution in [0.15, 0.2) is 28.5 Å². The molecule has 2 N–H and O–H groups in total. The van der Waals surface area contributed by atoms with Gasteiger partial charge in [-0.1, -0.05) is 26.8 Å². The summed E-state index contributed by atoms with van der Waals surface area (Å²) in [5.74, 6) is 0.900. The molecule has 1 aromatic carbocycles. The lowest BCUT2D eigenvalue weighted by atomic mass is 9.98. The van der Waals surface area contributed by atoms with Crippen LogP contribution in [0.4, 0.5) is 5.69 Å². The SMILES string of the molecule is Cc1c(N)cccc1SCc1csc(C(C)(C)C)n1. The van der Waals surface area contributed by atoms with E-state index in [-0.39, 0.29) is 5.41 Å². The molecule has 0 aliphatic rings. The summed E-state index contributed by atoms with van der Waals surface area (Å²) < 4.78 is 0. The molecular formula is C15H20N2S2. The highest BCUT2D eigenvalue weighted by molar-refractivity contribution is 7.98. The van der Waals surface area contributed by atoms with E-state index in [1.165, 1.54) is 15.5 Å². The Morgan fingerprint density at radius 3 is 2.68 bits per heavy atom. The van der Waals surface area contributed by atoms with E-state index in [2.05, 4.69) is 39.1 Å². The Kier molecular flexibility index (Phi) is 4.21. The van der Waals surface area contributed by atoms with Crippen molar-refractivity contribution in [1.29, 1.82) is 0 Å². The van der Waals surface area contributed by atoms with Crippen molar-refractivity contribution < 1.29 is 0 Å². The monoisotopic (exact) mass is 292 g/mol. The fourth-order valence-corrected chi connectivity index (χ4v) is 3.63. The number of nitrogens with two attached hydrogens (primary N) is 1. The molecule has 0 bridgehead atoms. The third-order valence-corrected chi connectivity index (χ3v) is 5.41. The van der Waals surface area contributed by atoms with Crippen LogP contribution in [0.1, 0.15) is 37.0 Å². The topological polar surface area (TPSA) is 38.9 Å². The number of aromatic nitrogens is 1. The van der Waals surface area contributed by atoms with Gasteiger partial charge in [-0.2, -0.15) is 0 Å². The Morgan fingerprint density at radius 2 is 2.05 bits per heavy atom. The Labute approximate surface area is 123 Å². The molecule has 4 heteroatoms. The average Bonchev–Trinajstić information content (AvgIpc) is 2.79. The Bertz CT molecular complexity index is 568. The van der Waals surface area contributed by atoms with Crippen LogP contribution in [-0.4, -0.2) is 4.98 Å². The molecule has 0 saturated carbocycles. The lowest BCUT2D eigenvalue weighted by molar-refractivity contribution is 0.584. The van der Waals surface area contributed by atoms with Crippen molar-refractivity contribution in [1.82, 2.24) is 4.98 Å². The number of benzene rings is 1. The average molecular weight is 292 g/mol. The smallest absolute Gasteiger partial charge is 0.0982 e. The molecule has 0 unspecified atom stereocenters. The molecule has 0 spiro atoms. The summed E-state index contributed by atoms with van der Waals surface area (Å²) in [5.41, 5.74) is 9.24. The van der Waals surface area contributed by atoms with Gasteiger partial charge in [0.15, 0.2) is 0 Å².